The fraction of sp³-hybridized carbons (Fsp3) is 0.276. The van der Waals surface area contributed by atoms with Crippen LogP contribution in [0.4, 0.5) is 5.69 Å². The van der Waals surface area contributed by atoms with Crippen LogP contribution in [0.5, 0.6) is 0 Å². The molecule has 1 aromatic carbocycles. The Morgan fingerprint density at radius 3 is 2.72 bits per heavy atom. The van der Waals surface area contributed by atoms with Crippen molar-refractivity contribution in [1.29, 1.82) is 0 Å². The number of nitrogens with two attached hydrogens (primary N) is 1. The molecule has 3 atom stereocenters. The van der Waals surface area contributed by atoms with Gasteiger partial charge in [-0.15, -0.1) is 0 Å². The summed E-state index contributed by atoms with van der Waals surface area (Å²) in [6.07, 6.45) is 10.8. The van der Waals surface area contributed by atoms with Crippen LogP contribution < -0.4 is 10.6 Å². The molecule has 5 heterocycles. The summed E-state index contributed by atoms with van der Waals surface area (Å²) in [4.78, 5) is 16.1. The molecule has 0 bridgehead atoms. The first-order valence-corrected chi connectivity index (χ1v) is 12.5. The molecule has 7 nitrogen and oxygen atoms in total. The van der Waals surface area contributed by atoms with Crippen molar-refractivity contribution in [2.75, 3.05) is 18.0 Å². The Balaban J connectivity index is 1.23. The lowest BCUT2D eigenvalue weighted by atomic mass is 9.92. The van der Waals surface area contributed by atoms with Gasteiger partial charge in [0.15, 0.2) is 0 Å². The maximum atomic E-state index is 10.3. The van der Waals surface area contributed by atoms with Crippen molar-refractivity contribution in [3.63, 3.8) is 0 Å². The van der Waals surface area contributed by atoms with Crippen LogP contribution in [0.2, 0.25) is 0 Å². The predicted octanol–water partition coefficient (Wildman–Crippen LogP) is 3.87. The molecule has 1 saturated heterocycles. The van der Waals surface area contributed by atoms with E-state index in [0.717, 1.165) is 58.4 Å². The Hall–Kier alpha value is -3.81. The van der Waals surface area contributed by atoms with Crippen molar-refractivity contribution in [1.82, 2.24) is 19.4 Å². The number of aryl methyl sites for hydroxylation is 2. The fourth-order valence-corrected chi connectivity index (χ4v) is 5.26. The van der Waals surface area contributed by atoms with E-state index in [-0.39, 0.29) is 12.0 Å². The summed E-state index contributed by atoms with van der Waals surface area (Å²) in [6, 6.07) is 16.7. The predicted molar refractivity (Wildman–Crippen MR) is 143 cm³/mol. The Bertz CT molecular complexity index is 1520. The summed E-state index contributed by atoms with van der Waals surface area (Å²) in [5.41, 5.74) is 13.8. The van der Waals surface area contributed by atoms with Crippen molar-refractivity contribution in [2.45, 2.75) is 31.9 Å². The highest BCUT2D eigenvalue weighted by molar-refractivity contribution is 5.84. The van der Waals surface area contributed by atoms with Gasteiger partial charge < -0.3 is 20.1 Å². The number of pyridine rings is 3. The minimum atomic E-state index is -0.458. The third kappa shape index (κ3) is 4.32. The van der Waals surface area contributed by atoms with Gasteiger partial charge in [0.05, 0.1) is 11.6 Å². The maximum Gasteiger partial charge on any atom is 0.137 e. The van der Waals surface area contributed by atoms with Gasteiger partial charge in [0, 0.05) is 72.8 Å². The summed E-state index contributed by atoms with van der Waals surface area (Å²) < 4.78 is 2.01. The van der Waals surface area contributed by atoms with Crippen molar-refractivity contribution in [3.8, 4) is 11.1 Å². The van der Waals surface area contributed by atoms with E-state index >= 15 is 0 Å². The lowest BCUT2D eigenvalue weighted by Gasteiger charge is -2.40. The van der Waals surface area contributed by atoms with Crippen molar-refractivity contribution in [3.05, 3.63) is 90.8 Å². The SMILES string of the molecule is C[C@H]1CN(c2ccncc2CCc2ccc3ccc(-c4ccn5ccnc5c4)cc3n2)C[C@@H](N)[C@@H]1O. The second-order valence-electron chi connectivity index (χ2n) is 9.86. The molecule has 182 valence electrons. The molecule has 36 heavy (non-hydrogen) atoms. The van der Waals surface area contributed by atoms with E-state index in [4.69, 9.17) is 10.7 Å². The molecule has 1 aliphatic rings. The van der Waals surface area contributed by atoms with Gasteiger partial charge in [0.2, 0.25) is 0 Å². The van der Waals surface area contributed by atoms with Gasteiger partial charge in [-0.25, -0.2) is 4.98 Å². The Kier molecular flexibility index (Phi) is 5.87. The van der Waals surface area contributed by atoms with Crippen molar-refractivity contribution in [2.24, 2.45) is 11.7 Å². The molecule has 4 aromatic heterocycles. The molecule has 6 rings (SSSR count). The molecule has 7 heteroatoms. The summed E-state index contributed by atoms with van der Waals surface area (Å²) in [5, 5.41) is 11.4. The van der Waals surface area contributed by atoms with Gasteiger partial charge in [-0.2, -0.15) is 0 Å². The van der Waals surface area contributed by atoms with E-state index < -0.39 is 6.10 Å². The molecule has 0 amide bonds. The second-order valence-corrected chi connectivity index (χ2v) is 9.86. The van der Waals surface area contributed by atoms with E-state index in [1.807, 2.05) is 35.4 Å². The van der Waals surface area contributed by atoms with E-state index in [1.165, 1.54) is 5.56 Å². The number of anilines is 1. The summed E-state index contributed by atoms with van der Waals surface area (Å²) in [5.74, 6) is 0.125. The molecular formula is C29H30N6O. The molecule has 0 unspecified atom stereocenters. The highest BCUT2D eigenvalue weighted by Gasteiger charge is 2.31. The Morgan fingerprint density at radius 2 is 1.83 bits per heavy atom. The van der Waals surface area contributed by atoms with Crippen LogP contribution in [0.15, 0.2) is 79.5 Å². The Labute approximate surface area is 210 Å². The van der Waals surface area contributed by atoms with Crippen LogP contribution >= 0.6 is 0 Å². The van der Waals surface area contributed by atoms with Crippen LogP contribution in [0.1, 0.15) is 18.2 Å². The normalized spacial score (nSPS) is 20.3. The van der Waals surface area contributed by atoms with Gasteiger partial charge >= 0.3 is 0 Å². The van der Waals surface area contributed by atoms with Crippen LogP contribution in [0, 0.1) is 5.92 Å². The number of rotatable bonds is 5. The third-order valence-electron chi connectivity index (χ3n) is 7.31. The first-order valence-electron chi connectivity index (χ1n) is 12.5. The lowest BCUT2D eigenvalue weighted by Crippen LogP contribution is -2.55. The molecule has 3 N–H and O–H groups in total. The molecule has 1 fully saturated rings. The largest absolute Gasteiger partial charge is 0.391 e. The Morgan fingerprint density at radius 1 is 0.972 bits per heavy atom. The topological polar surface area (TPSA) is 92.6 Å². The number of benzene rings is 1. The highest BCUT2D eigenvalue weighted by atomic mass is 16.3. The van der Waals surface area contributed by atoms with E-state index in [2.05, 4.69) is 70.3 Å². The molecular weight excluding hydrogens is 448 g/mol. The van der Waals surface area contributed by atoms with E-state index in [1.54, 1.807) is 0 Å². The standard InChI is InChI=1S/C29H30N6O/c1-19-17-35(18-25(30)29(19)36)27-8-10-31-16-23(27)5-7-24-6-4-20-2-3-21(14-26(20)33-24)22-9-12-34-13-11-32-28(34)15-22/h2-4,6,8-16,19,25,29,36H,5,7,17-18,30H2,1H3/t19-,25+,29+/m0/s1. The zero-order chi connectivity index (χ0) is 24.6. The number of nitrogens with zero attached hydrogens (tertiary/aromatic N) is 5. The van der Waals surface area contributed by atoms with E-state index in [0.29, 0.717) is 6.54 Å². The van der Waals surface area contributed by atoms with Gasteiger partial charge in [0.25, 0.3) is 0 Å². The van der Waals surface area contributed by atoms with Gasteiger partial charge in [-0.05, 0) is 59.9 Å². The van der Waals surface area contributed by atoms with Gasteiger partial charge in [-0.3, -0.25) is 9.97 Å². The number of hydrogen-bond donors (Lipinski definition) is 2. The number of imidazole rings is 1. The first kappa shape index (κ1) is 22.6. The zero-order valence-electron chi connectivity index (χ0n) is 20.3. The number of hydrogen-bond acceptors (Lipinski definition) is 6. The number of fused-ring (bicyclic) bond motifs is 2. The summed E-state index contributed by atoms with van der Waals surface area (Å²) >= 11 is 0. The molecule has 5 aromatic rings. The number of piperidine rings is 1. The number of aliphatic hydroxyl groups excluding tert-OH is 1. The van der Waals surface area contributed by atoms with Crippen LogP contribution in [0.3, 0.4) is 0 Å². The molecule has 0 radical (unpaired) electrons. The molecule has 0 saturated carbocycles. The molecule has 1 aliphatic heterocycles. The molecule has 0 spiro atoms. The zero-order valence-corrected chi connectivity index (χ0v) is 20.3. The minimum absolute atomic E-state index is 0.125. The summed E-state index contributed by atoms with van der Waals surface area (Å²) in [7, 11) is 0. The number of aromatic nitrogens is 4. The second kappa shape index (κ2) is 9.33. The quantitative estimate of drug-likeness (QED) is 0.398. The van der Waals surface area contributed by atoms with Gasteiger partial charge in [-0.1, -0.05) is 25.1 Å². The first-order chi connectivity index (χ1) is 17.5. The van der Waals surface area contributed by atoms with Gasteiger partial charge in [0.1, 0.15) is 5.65 Å². The van der Waals surface area contributed by atoms with E-state index in [9.17, 15) is 5.11 Å². The molecule has 0 aliphatic carbocycles. The highest BCUT2D eigenvalue weighted by Crippen LogP contribution is 2.28. The fourth-order valence-electron chi connectivity index (χ4n) is 5.26. The lowest BCUT2D eigenvalue weighted by molar-refractivity contribution is 0.0784. The van der Waals surface area contributed by atoms with Crippen molar-refractivity contribution < 1.29 is 5.11 Å². The van der Waals surface area contributed by atoms with Crippen LogP contribution in [0.25, 0.3) is 27.7 Å². The third-order valence-corrected chi connectivity index (χ3v) is 7.31. The smallest absolute Gasteiger partial charge is 0.137 e. The van der Waals surface area contributed by atoms with Crippen molar-refractivity contribution >= 4 is 22.2 Å². The maximum absolute atomic E-state index is 10.3. The average Bonchev–Trinajstić information content (AvgIpc) is 3.38. The monoisotopic (exact) mass is 478 g/mol. The van der Waals surface area contributed by atoms with Crippen LogP contribution in [-0.4, -0.2) is 49.7 Å². The number of aliphatic hydroxyl groups is 1. The summed E-state index contributed by atoms with van der Waals surface area (Å²) in [6.45, 7) is 3.48. The minimum Gasteiger partial charge on any atom is -0.391 e. The van der Waals surface area contributed by atoms with Crippen LogP contribution in [-0.2, 0) is 12.8 Å². The average molecular weight is 479 g/mol.